The quantitative estimate of drug-likeness (QED) is 0.455. The largest absolute Gasteiger partial charge is 0.508 e. The molecule has 1 aromatic rings. The van der Waals surface area contributed by atoms with E-state index in [4.69, 9.17) is 10.8 Å². The third-order valence-corrected chi connectivity index (χ3v) is 1.27. The first kappa shape index (κ1) is 6.68. The highest BCUT2D eigenvalue weighted by Gasteiger charge is 1.97. The molecule has 2 nitrogen and oxygen atoms in total. The van der Waals surface area contributed by atoms with Gasteiger partial charge in [-0.25, -0.2) is 0 Å². The van der Waals surface area contributed by atoms with Crippen molar-refractivity contribution in [1.29, 1.82) is 0 Å². The Morgan fingerprint density at radius 2 is 2.00 bits per heavy atom. The average molecular weight is 135 g/mol. The summed E-state index contributed by atoms with van der Waals surface area (Å²) in [5.41, 5.74) is 6.65. The van der Waals surface area contributed by atoms with Crippen molar-refractivity contribution >= 4 is 11.4 Å². The van der Waals surface area contributed by atoms with Crippen LogP contribution in [0.4, 0.5) is 5.69 Å². The van der Waals surface area contributed by atoms with E-state index in [1.807, 2.05) is 6.07 Å². The highest BCUT2D eigenvalue weighted by molar-refractivity contribution is 5.68. The second kappa shape index (κ2) is 2.43. The predicted octanol–water partition coefficient (Wildman–Crippen LogP) is 1.80. The van der Waals surface area contributed by atoms with Crippen molar-refractivity contribution in [2.45, 2.75) is 0 Å². The van der Waals surface area contributed by atoms with E-state index in [0.29, 0.717) is 11.3 Å². The van der Waals surface area contributed by atoms with E-state index in [-0.39, 0.29) is 5.76 Å². The van der Waals surface area contributed by atoms with Crippen molar-refractivity contribution in [2.75, 3.05) is 5.73 Å². The maximum atomic E-state index is 8.93. The van der Waals surface area contributed by atoms with Crippen LogP contribution in [0, 0.1) is 0 Å². The second-order valence-electron chi connectivity index (χ2n) is 2.03. The number of anilines is 1. The third kappa shape index (κ3) is 1.10. The topological polar surface area (TPSA) is 46.2 Å². The first-order valence-corrected chi connectivity index (χ1v) is 2.94. The average Bonchev–Trinajstić information content (AvgIpc) is 1.88. The van der Waals surface area contributed by atoms with Gasteiger partial charge >= 0.3 is 0 Å². The van der Waals surface area contributed by atoms with Crippen LogP contribution in [0.15, 0.2) is 30.8 Å². The Morgan fingerprint density at radius 1 is 1.40 bits per heavy atom. The Balaban J connectivity index is 3.15. The van der Waals surface area contributed by atoms with Gasteiger partial charge in [0.2, 0.25) is 0 Å². The van der Waals surface area contributed by atoms with Gasteiger partial charge < -0.3 is 10.8 Å². The Morgan fingerprint density at radius 3 is 2.40 bits per heavy atom. The summed E-state index contributed by atoms with van der Waals surface area (Å²) < 4.78 is 0. The molecule has 0 atom stereocenters. The maximum Gasteiger partial charge on any atom is 0.117 e. The van der Waals surface area contributed by atoms with Gasteiger partial charge in [0.25, 0.3) is 0 Å². The Labute approximate surface area is 59.6 Å². The molecule has 0 amide bonds. The lowest BCUT2D eigenvalue weighted by Gasteiger charge is -2.00. The molecular formula is C8H9NO. The second-order valence-corrected chi connectivity index (χ2v) is 2.03. The van der Waals surface area contributed by atoms with Crippen molar-refractivity contribution in [3.05, 3.63) is 36.4 Å². The molecule has 1 aromatic carbocycles. The molecule has 3 N–H and O–H groups in total. The van der Waals surface area contributed by atoms with Gasteiger partial charge in [-0.3, -0.25) is 0 Å². The fraction of sp³-hybridized carbons (Fsp3) is 0. The summed E-state index contributed by atoms with van der Waals surface area (Å²) in [7, 11) is 0. The molecule has 0 saturated carbocycles. The van der Waals surface area contributed by atoms with Crippen LogP contribution >= 0.6 is 0 Å². The number of rotatable bonds is 1. The number of nitrogen functional groups attached to an aromatic ring is 1. The molecule has 0 unspecified atom stereocenters. The van der Waals surface area contributed by atoms with E-state index >= 15 is 0 Å². The molecule has 52 valence electrons. The Bertz CT molecular complexity index is 255. The van der Waals surface area contributed by atoms with Gasteiger partial charge in [-0.15, -0.1) is 0 Å². The summed E-state index contributed by atoms with van der Waals surface area (Å²) >= 11 is 0. The fourth-order valence-electron chi connectivity index (χ4n) is 0.760. The van der Waals surface area contributed by atoms with Gasteiger partial charge in [-0.05, 0) is 12.1 Å². The number of aliphatic hydroxyl groups excluding tert-OH is 1. The lowest BCUT2D eigenvalue weighted by atomic mass is 10.1. The molecule has 2 heteroatoms. The van der Waals surface area contributed by atoms with Crippen molar-refractivity contribution in [1.82, 2.24) is 0 Å². The monoisotopic (exact) mass is 135 g/mol. The van der Waals surface area contributed by atoms with Crippen molar-refractivity contribution in [2.24, 2.45) is 0 Å². The van der Waals surface area contributed by atoms with Crippen LogP contribution in [0.2, 0.25) is 0 Å². The molecule has 0 bridgehead atoms. The van der Waals surface area contributed by atoms with E-state index in [9.17, 15) is 0 Å². The minimum absolute atomic E-state index is 0.0121. The van der Waals surface area contributed by atoms with Crippen molar-refractivity contribution in [3.8, 4) is 0 Å². The molecule has 0 aliphatic carbocycles. The van der Waals surface area contributed by atoms with Crippen LogP contribution in [0.25, 0.3) is 5.76 Å². The summed E-state index contributed by atoms with van der Waals surface area (Å²) in [6.07, 6.45) is 0. The molecular weight excluding hydrogens is 126 g/mol. The Kier molecular flexibility index (Phi) is 1.63. The van der Waals surface area contributed by atoms with E-state index in [0.717, 1.165) is 0 Å². The van der Waals surface area contributed by atoms with Gasteiger partial charge in [0, 0.05) is 11.3 Å². The molecule has 0 heterocycles. The number of aliphatic hydroxyl groups is 1. The van der Waals surface area contributed by atoms with Gasteiger partial charge in [0.05, 0.1) is 0 Å². The van der Waals surface area contributed by atoms with Gasteiger partial charge in [-0.1, -0.05) is 18.7 Å². The molecule has 0 saturated heterocycles. The zero-order chi connectivity index (χ0) is 7.56. The molecule has 1 rings (SSSR count). The highest BCUT2D eigenvalue weighted by atomic mass is 16.3. The van der Waals surface area contributed by atoms with Gasteiger partial charge in [0.1, 0.15) is 5.76 Å². The minimum Gasteiger partial charge on any atom is -0.508 e. The van der Waals surface area contributed by atoms with Crippen LogP contribution in [-0.2, 0) is 0 Å². The molecule has 0 fully saturated rings. The first-order chi connectivity index (χ1) is 4.72. The normalized spacial score (nSPS) is 9.20. The van der Waals surface area contributed by atoms with E-state index in [2.05, 4.69) is 6.58 Å². The zero-order valence-corrected chi connectivity index (χ0v) is 5.54. The van der Waals surface area contributed by atoms with E-state index in [1.165, 1.54) is 0 Å². The number of nitrogens with two attached hydrogens (primary N) is 1. The smallest absolute Gasteiger partial charge is 0.117 e. The summed E-state index contributed by atoms with van der Waals surface area (Å²) in [6.45, 7) is 3.36. The first-order valence-electron chi connectivity index (χ1n) is 2.94. The summed E-state index contributed by atoms with van der Waals surface area (Å²) in [6, 6.07) is 7.04. The standard InChI is InChI=1S/C8H9NO/c1-6(10)7-4-2-3-5-8(7)9/h2-5,10H,1,9H2. The van der Waals surface area contributed by atoms with E-state index < -0.39 is 0 Å². The van der Waals surface area contributed by atoms with Crippen molar-refractivity contribution in [3.63, 3.8) is 0 Å². The molecule has 0 spiro atoms. The number of hydrogen-bond donors (Lipinski definition) is 2. The number of para-hydroxylation sites is 1. The number of hydrogen-bond acceptors (Lipinski definition) is 2. The van der Waals surface area contributed by atoms with Gasteiger partial charge in [0.15, 0.2) is 0 Å². The summed E-state index contributed by atoms with van der Waals surface area (Å²) in [4.78, 5) is 0. The zero-order valence-electron chi connectivity index (χ0n) is 5.54. The Hall–Kier alpha value is -1.44. The van der Waals surface area contributed by atoms with Gasteiger partial charge in [-0.2, -0.15) is 0 Å². The summed E-state index contributed by atoms with van der Waals surface area (Å²) in [5, 5.41) is 8.93. The number of benzene rings is 1. The lowest BCUT2D eigenvalue weighted by Crippen LogP contribution is -1.90. The van der Waals surface area contributed by atoms with Crippen LogP contribution < -0.4 is 5.73 Å². The third-order valence-electron chi connectivity index (χ3n) is 1.27. The molecule has 0 aliphatic rings. The van der Waals surface area contributed by atoms with Crippen LogP contribution in [-0.4, -0.2) is 5.11 Å². The van der Waals surface area contributed by atoms with Crippen molar-refractivity contribution < 1.29 is 5.11 Å². The molecule has 0 aliphatic heterocycles. The fourth-order valence-corrected chi connectivity index (χ4v) is 0.760. The maximum absolute atomic E-state index is 8.93. The summed E-state index contributed by atoms with van der Waals surface area (Å²) in [5.74, 6) is 0.0121. The van der Waals surface area contributed by atoms with Crippen LogP contribution in [0.3, 0.4) is 0 Å². The molecule has 10 heavy (non-hydrogen) atoms. The SMILES string of the molecule is C=C(O)c1ccccc1N. The minimum atomic E-state index is 0.0121. The highest BCUT2D eigenvalue weighted by Crippen LogP contribution is 2.16. The lowest BCUT2D eigenvalue weighted by molar-refractivity contribution is 0.514. The van der Waals surface area contributed by atoms with E-state index in [1.54, 1.807) is 18.2 Å². The predicted molar refractivity (Wildman–Crippen MR) is 42.5 cm³/mol. The van der Waals surface area contributed by atoms with Crippen LogP contribution in [0.5, 0.6) is 0 Å². The molecule has 0 radical (unpaired) electrons. The van der Waals surface area contributed by atoms with Crippen LogP contribution in [0.1, 0.15) is 5.56 Å². The molecule has 0 aromatic heterocycles.